The van der Waals surface area contributed by atoms with Gasteiger partial charge >= 0.3 is 0 Å². The van der Waals surface area contributed by atoms with Gasteiger partial charge in [-0.1, -0.05) is 44.2 Å². The fraction of sp³-hybridized carbons (Fsp3) is 0.415. The number of nitrogens with one attached hydrogen (secondary N) is 4. The molecular weight excluding hydrogens is 929 g/mol. The Kier molecular flexibility index (Phi) is 14.8. The average Bonchev–Trinajstić information content (AvgIpc) is 3.83. The van der Waals surface area contributed by atoms with E-state index in [1.165, 1.54) is 42.6 Å². The molecule has 3 aromatic heterocycles. The Labute approximate surface area is 413 Å². The fourth-order valence-corrected chi connectivity index (χ4v) is 11.4. The van der Waals surface area contributed by atoms with E-state index in [0.29, 0.717) is 56.3 Å². The minimum absolute atomic E-state index is 0.0289. The number of quaternary nitrogens is 1. The number of aliphatic hydroxyl groups is 1. The number of benzene rings is 3. The van der Waals surface area contributed by atoms with E-state index in [4.69, 9.17) is 4.74 Å². The van der Waals surface area contributed by atoms with Gasteiger partial charge in [0.1, 0.15) is 22.0 Å². The van der Waals surface area contributed by atoms with Gasteiger partial charge in [-0.3, -0.25) is 14.6 Å². The Morgan fingerprint density at radius 2 is 1.73 bits per heavy atom. The summed E-state index contributed by atoms with van der Waals surface area (Å²) in [6, 6.07) is 23.0. The van der Waals surface area contributed by atoms with E-state index in [9.17, 15) is 32.3 Å². The van der Waals surface area contributed by atoms with Crippen LogP contribution in [0.1, 0.15) is 98.3 Å². The van der Waals surface area contributed by atoms with Gasteiger partial charge in [-0.25, -0.2) is 31.9 Å². The molecule has 18 heteroatoms. The summed E-state index contributed by atoms with van der Waals surface area (Å²) >= 11 is 0. The summed E-state index contributed by atoms with van der Waals surface area (Å²) < 4.78 is 64.5. The molecule has 5 N–H and O–H groups in total. The molecule has 9 rings (SSSR count). The number of piperidine rings is 1. The van der Waals surface area contributed by atoms with Gasteiger partial charge in [0.05, 0.1) is 30.6 Å². The lowest BCUT2D eigenvalue weighted by Crippen LogP contribution is -2.98. The summed E-state index contributed by atoms with van der Waals surface area (Å²) in [5.41, 5.74) is 4.10. The SMILES string of the molecule is CC(C)c1ccccc1[C@@H]1CN(Cc2ccc(F)c(F)c2)CCN1C1CCN(c2ccc(C(=O)NS(=O)(=O)c3cnc(NCC4CCC(C)(O)CC4)c([NH+](C)[O-])c3)c(Oc3cnc4[nH]ccc4c3)c2)CC1. The molecule has 0 bridgehead atoms. The molecule has 3 aliphatic rings. The zero-order valence-electron chi connectivity index (χ0n) is 40.6. The zero-order valence-corrected chi connectivity index (χ0v) is 41.4. The lowest BCUT2D eigenvalue weighted by atomic mass is 9.80. The first-order valence-electron chi connectivity index (χ1n) is 24.6. The number of aromatic nitrogens is 3. The summed E-state index contributed by atoms with van der Waals surface area (Å²) in [5.74, 6) is -1.34. The number of piperazine rings is 1. The second-order valence-corrected chi connectivity index (χ2v) is 21.7. The molecule has 2 aliphatic heterocycles. The van der Waals surface area contributed by atoms with Gasteiger partial charge < -0.3 is 35.3 Å². The van der Waals surface area contributed by atoms with Gasteiger partial charge in [-0.2, -0.15) is 0 Å². The van der Waals surface area contributed by atoms with Crippen LogP contribution in [-0.4, -0.2) is 102 Å². The van der Waals surface area contributed by atoms with E-state index < -0.39 is 38.2 Å². The molecule has 1 amide bonds. The summed E-state index contributed by atoms with van der Waals surface area (Å²) in [5, 5.41) is 26.8. The van der Waals surface area contributed by atoms with Crippen LogP contribution in [0, 0.1) is 22.8 Å². The third-order valence-electron chi connectivity index (χ3n) is 14.5. The molecule has 0 radical (unpaired) electrons. The van der Waals surface area contributed by atoms with Crippen molar-refractivity contribution in [3.05, 3.63) is 137 Å². The van der Waals surface area contributed by atoms with Crippen molar-refractivity contribution in [3.8, 4) is 11.5 Å². The van der Waals surface area contributed by atoms with Crippen LogP contribution in [0.25, 0.3) is 11.0 Å². The second kappa shape index (κ2) is 21.0. The van der Waals surface area contributed by atoms with Crippen molar-refractivity contribution in [3.63, 3.8) is 0 Å². The highest BCUT2D eigenvalue weighted by molar-refractivity contribution is 7.90. The Balaban J connectivity index is 0.928. The van der Waals surface area contributed by atoms with Crippen LogP contribution < -0.4 is 24.7 Å². The highest BCUT2D eigenvalue weighted by Gasteiger charge is 2.37. The molecule has 3 fully saturated rings. The van der Waals surface area contributed by atoms with Crippen molar-refractivity contribution in [2.45, 2.75) is 94.3 Å². The number of aromatic amines is 1. The van der Waals surface area contributed by atoms with Crippen LogP contribution >= 0.6 is 0 Å². The number of carbonyl (C=O) groups is 1. The average molecular weight is 992 g/mol. The maximum Gasteiger partial charge on any atom is 0.268 e. The molecule has 5 heterocycles. The van der Waals surface area contributed by atoms with Crippen LogP contribution in [0.2, 0.25) is 0 Å². The standard InChI is InChI=1S/C53H63F2N9O6S/c1-34(2)42-7-5-6-8-43(42)48-33-62(32-36-9-12-45(54)46(55)25-36)23-24-64(48)38-16-21-63(22-17-38)39-10-11-44(49(27-39)70-40-26-37-15-20-56-50(37)58-30-40)52(65)60-71(68,69)41-28-47(61(4)67)51(59-31-41)57-29-35-13-18-53(3,66)19-14-35/h5-12,15,20,25-28,30-31,34-35,38,48,61,66H,13-14,16-19,21-24,29,32-33H2,1-4H3,(H,56,58)(H,57,59)(H,60,65)/t35?,48-,53?/m0/s1. The number of rotatable bonds is 15. The van der Waals surface area contributed by atoms with Gasteiger partial charge in [-0.05, 0) is 110 Å². The summed E-state index contributed by atoms with van der Waals surface area (Å²) in [4.78, 5) is 32.8. The van der Waals surface area contributed by atoms with E-state index >= 15 is 0 Å². The molecule has 2 saturated heterocycles. The van der Waals surface area contributed by atoms with E-state index in [1.807, 2.05) is 13.0 Å². The van der Waals surface area contributed by atoms with E-state index in [2.05, 4.69) is 77.8 Å². The number of pyridine rings is 2. The number of anilines is 2. The van der Waals surface area contributed by atoms with Crippen molar-refractivity contribution in [2.24, 2.45) is 5.92 Å². The minimum Gasteiger partial charge on any atom is -0.629 e. The van der Waals surface area contributed by atoms with Crippen LogP contribution in [0.4, 0.5) is 26.0 Å². The molecule has 3 aromatic carbocycles. The highest BCUT2D eigenvalue weighted by Crippen LogP contribution is 2.38. The first-order chi connectivity index (χ1) is 34.0. The molecule has 376 valence electrons. The van der Waals surface area contributed by atoms with Crippen molar-refractivity contribution in [1.29, 1.82) is 0 Å². The number of H-pyrrole nitrogens is 1. The smallest absolute Gasteiger partial charge is 0.268 e. The molecule has 15 nitrogen and oxygen atoms in total. The van der Waals surface area contributed by atoms with Crippen LogP contribution in [0.3, 0.4) is 0 Å². The van der Waals surface area contributed by atoms with E-state index in [0.717, 1.165) is 68.2 Å². The van der Waals surface area contributed by atoms with Crippen molar-refractivity contribution in [2.75, 3.05) is 56.5 Å². The summed E-state index contributed by atoms with van der Waals surface area (Å²) in [7, 11) is -3.20. The summed E-state index contributed by atoms with van der Waals surface area (Å²) in [6.45, 7) is 11.0. The van der Waals surface area contributed by atoms with Crippen LogP contribution in [0.15, 0.2) is 102 Å². The topological polar surface area (TPSA) is 184 Å². The number of hydrogen-bond donors (Lipinski definition) is 5. The second-order valence-electron chi connectivity index (χ2n) is 20.0. The number of carbonyl (C=O) groups excluding carboxylic acids is 1. The van der Waals surface area contributed by atoms with Crippen LogP contribution in [-0.2, 0) is 16.6 Å². The predicted molar refractivity (Wildman–Crippen MR) is 269 cm³/mol. The maximum absolute atomic E-state index is 14.3. The predicted octanol–water partition coefficient (Wildman–Crippen LogP) is 7.80. The number of ether oxygens (including phenoxy) is 1. The zero-order chi connectivity index (χ0) is 50.0. The Morgan fingerprint density at radius 1 is 0.958 bits per heavy atom. The van der Waals surface area contributed by atoms with Gasteiger partial charge in [0.25, 0.3) is 15.9 Å². The van der Waals surface area contributed by atoms with Gasteiger partial charge in [0, 0.05) is 87.3 Å². The third-order valence-corrected chi connectivity index (χ3v) is 15.8. The number of hydroxylamine groups is 1. The Morgan fingerprint density at radius 3 is 2.48 bits per heavy atom. The monoisotopic (exact) mass is 991 g/mol. The quantitative estimate of drug-likeness (QED) is 0.0631. The molecule has 1 unspecified atom stereocenters. The number of nitrogens with zero attached hydrogens (tertiary/aromatic N) is 5. The van der Waals surface area contributed by atoms with Crippen molar-refractivity contribution >= 4 is 44.2 Å². The highest BCUT2D eigenvalue weighted by atomic mass is 32.2. The minimum atomic E-state index is -4.53. The number of fused-ring (bicyclic) bond motifs is 1. The number of amides is 1. The molecule has 1 aliphatic carbocycles. The lowest BCUT2D eigenvalue weighted by molar-refractivity contribution is -0.751. The Hall–Kier alpha value is -6.02. The van der Waals surface area contributed by atoms with Gasteiger partial charge in [-0.15, -0.1) is 0 Å². The molecule has 2 atom stereocenters. The number of sulfonamides is 1. The van der Waals surface area contributed by atoms with Crippen LogP contribution in [0.5, 0.6) is 11.5 Å². The van der Waals surface area contributed by atoms with Gasteiger partial charge in [0.2, 0.25) is 0 Å². The van der Waals surface area contributed by atoms with Gasteiger partial charge in [0.15, 0.2) is 23.1 Å². The van der Waals surface area contributed by atoms with Crippen molar-refractivity contribution in [1.82, 2.24) is 29.5 Å². The fourth-order valence-electron chi connectivity index (χ4n) is 10.5. The largest absolute Gasteiger partial charge is 0.629 e. The normalized spacial score (nSPS) is 21.1. The third kappa shape index (κ3) is 11.5. The molecular formula is C53H63F2N9O6S. The Bertz CT molecular complexity index is 2970. The summed E-state index contributed by atoms with van der Waals surface area (Å²) in [6.07, 6.45) is 9.05. The van der Waals surface area contributed by atoms with Crippen molar-refractivity contribution < 1.29 is 36.9 Å². The first kappa shape index (κ1) is 49.9. The molecule has 6 aromatic rings. The first-order valence-corrected chi connectivity index (χ1v) is 26.0. The maximum atomic E-state index is 14.3. The van der Waals surface area contributed by atoms with E-state index in [1.54, 1.807) is 36.5 Å². The molecule has 71 heavy (non-hydrogen) atoms. The molecule has 1 saturated carbocycles. The lowest BCUT2D eigenvalue weighted by Gasteiger charge is -2.48. The number of hydrogen-bond acceptors (Lipinski definition) is 12. The van der Waals surface area contributed by atoms with E-state index in [-0.39, 0.29) is 45.7 Å². The number of halogens is 2. The molecule has 0 spiro atoms.